The summed E-state index contributed by atoms with van der Waals surface area (Å²) in [5.74, 6) is 0. The van der Waals surface area contributed by atoms with Gasteiger partial charge in [-0.15, -0.1) is 0 Å². The highest BCUT2D eigenvalue weighted by molar-refractivity contribution is 6.14. The monoisotopic (exact) mass is 890 g/mol. The fourth-order valence-electron chi connectivity index (χ4n) is 12.3. The van der Waals surface area contributed by atoms with Gasteiger partial charge < -0.3 is 13.6 Å². The van der Waals surface area contributed by atoms with E-state index in [1.165, 1.54) is 93.8 Å². The Balaban J connectivity index is 0.869. The molecular formula is C67H42N2O. The molecule has 0 spiro atoms. The van der Waals surface area contributed by atoms with Gasteiger partial charge in [-0.25, -0.2) is 0 Å². The van der Waals surface area contributed by atoms with Gasteiger partial charge in [0.1, 0.15) is 11.2 Å². The van der Waals surface area contributed by atoms with E-state index in [9.17, 15) is 0 Å². The lowest BCUT2D eigenvalue weighted by molar-refractivity contribution is 0.670. The molecule has 0 radical (unpaired) electrons. The van der Waals surface area contributed by atoms with Crippen LogP contribution in [0.5, 0.6) is 0 Å². The Morgan fingerprint density at radius 1 is 0.314 bits per heavy atom. The van der Waals surface area contributed by atoms with Gasteiger partial charge in [-0.2, -0.15) is 0 Å². The number of rotatable bonds is 6. The molecule has 0 fully saturated rings. The van der Waals surface area contributed by atoms with E-state index < -0.39 is 5.41 Å². The average Bonchev–Trinajstić information content (AvgIpc) is 4.17. The molecule has 0 saturated carbocycles. The first-order valence-electron chi connectivity index (χ1n) is 24.2. The second-order valence-corrected chi connectivity index (χ2v) is 18.7. The second-order valence-electron chi connectivity index (χ2n) is 18.7. The van der Waals surface area contributed by atoms with Crippen LogP contribution in [0.2, 0.25) is 0 Å². The molecule has 0 N–H and O–H groups in total. The zero-order valence-electron chi connectivity index (χ0n) is 38.1. The molecule has 0 bridgehead atoms. The zero-order valence-corrected chi connectivity index (χ0v) is 38.1. The molecule has 11 aromatic carbocycles. The normalized spacial score (nSPS) is 13.0. The second kappa shape index (κ2) is 14.9. The number of para-hydroxylation sites is 4. The van der Waals surface area contributed by atoms with Crippen LogP contribution in [-0.4, -0.2) is 9.13 Å². The summed E-state index contributed by atoms with van der Waals surface area (Å²) in [6.45, 7) is 0. The Labute approximate surface area is 404 Å². The summed E-state index contributed by atoms with van der Waals surface area (Å²) >= 11 is 0. The van der Waals surface area contributed by atoms with Crippen LogP contribution in [0.3, 0.4) is 0 Å². The van der Waals surface area contributed by atoms with Gasteiger partial charge in [0.2, 0.25) is 0 Å². The van der Waals surface area contributed by atoms with E-state index in [0.717, 1.165) is 38.8 Å². The number of nitrogens with zero attached hydrogens (tertiary/aromatic N) is 2. The van der Waals surface area contributed by atoms with Crippen LogP contribution in [-0.2, 0) is 5.41 Å². The minimum absolute atomic E-state index is 0.479. The van der Waals surface area contributed by atoms with E-state index >= 15 is 0 Å². The van der Waals surface area contributed by atoms with E-state index in [-0.39, 0.29) is 0 Å². The number of hydrogen-bond acceptors (Lipinski definition) is 1. The van der Waals surface area contributed by atoms with Crippen molar-refractivity contribution in [1.29, 1.82) is 0 Å². The van der Waals surface area contributed by atoms with Gasteiger partial charge in [-0.3, -0.25) is 0 Å². The molecule has 70 heavy (non-hydrogen) atoms. The number of benzene rings is 11. The SMILES string of the molecule is c1ccc(C2(c3ccccc3)c3ccccc3-c3c(-n4c5ccccc5c5cc(-c6ccc7c(c6)c6ccccc6n7-c6ccc(-c7cccc8c7oc7ccccc78)cc6)ccc54)cccc32)cc1. The lowest BCUT2D eigenvalue weighted by atomic mass is 9.68. The van der Waals surface area contributed by atoms with Gasteiger partial charge in [-0.05, 0) is 105 Å². The standard InChI is InChI=1S/C67H42N2O/c1-3-17-46(18-4-1)67(47-19-5-2-6-20-47)57-27-11-7-24-54(57)65-58(67)28-16-31-63(65)69-60-30-13-9-22-51(60)56-42-45(36-40-62(56)69)44-35-39-61-55(41-44)50-21-8-12-29-59(50)68(61)48-37-33-43(34-38-48)49-25-15-26-53-52-23-10-14-32-64(52)70-66(49)53/h1-42H. The van der Waals surface area contributed by atoms with Gasteiger partial charge in [0.05, 0.1) is 33.2 Å². The lowest BCUT2D eigenvalue weighted by Gasteiger charge is -2.34. The molecule has 1 aliphatic carbocycles. The van der Waals surface area contributed by atoms with Gasteiger partial charge >= 0.3 is 0 Å². The topological polar surface area (TPSA) is 23.0 Å². The van der Waals surface area contributed by atoms with Crippen molar-refractivity contribution in [2.45, 2.75) is 5.41 Å². The Hall–Kier alpha value is -9.18. The summed E-state index contributed by atoms with van der Waals surface area (Å²) in [4.78, 5) is 0. The maximum absolute atomic E-state index is 6.43. The first-order valence-corrected chi connectivity index (χ1v) is 24.2. The molecule has 3 heterocycles. The Bertz CT molecular complexity index is 4360. The minimum atomic E-state index is -0.479. The first-order chi connectivity index (χ1) is 34.7. The average molecular weight is 891 g/mol. The fourth-order valence-corrected chi connectivity index (χ4v) is 12.3. The zero-order chi connectivity index (χ0) is 45.9. The number of aromatic nitrogens is 2. The number of furan rings is 1. The summed E-state index contributed by atoms with van der Waals surface area (Å²) in [5.41, 5.74) is 20.7. The van der Waals surface area contributed by atoms with Crippen molar-refractivity contribution >= 4 is 65.6 Å². The predicted octanol–water partition coefficient (Wildman–Crippen LogP) is 17.5. The third-order valence-electron chi connectivity index (χ3n) is 15.2. The molecule has 0 aliphatic heterocycles. The highest BCUT2D eigenvalue weighted by atomic mass is 16.3. The summed E-state index contributed by atoms with van der Waals surface area (Å²) in [7, 11) is 0. The van der Waals surface area contributed by atoms with Crippen molar-refractivity contribution in [1.82, 2.24) is 9.13 Å². The first kappa shape index (κ1) is 38.9. The van der Waals surface area contributed by atoms with Crippen molar-refractivity contribution in [3.05, 3.63) is 277 Å². The van der Waals surface area contributed by atoms with E-state index in [0.29, 0.717) is 0 Å². The molecule has 326 valence electrons. The highest BCUT2D eigenvalue weighted by Gasteiger charge is 2.47. The predicted molar refractivity (Wildman–Crippen MR) is 291 cm³/mol. The van der Waals surface area contributed by atoms with E-state index in [1.807, 2.05) is 12.1 Å². The Morgan fingerprint density at radius 2 is 0.814 bits per heavy atom. The largest absolute Gasteiger partial charge is 0.455 e. The highest BCUT2D eigenvalue weighted by Crippen LogP contribution is 2.58. The van der Waals surface area contributed by atoms with Crippen LogP contribution < -0.4 is 0 Å². The smallest absolute Gasteiger partial charge is 0.143 e. The molecule has 0 saturated heterocycles. The maximum Gasteiger partial charge on any atom is 0.143 e. The molecule has 0 amide bonds. The van der Waals surface area contributed by atoms with E-state index in [1.54, 1.807) is 0 Å². The summed E-state index contributed by atoms with van der Waals surface area (Å²) < 4.78 is 11.3. The van der Waals surface area contributed by atoms with E-state index in [2.05, 4.69) is 252 Å². The third-order valence-corrected chi connectivity index (χ3v) is 15.2. The third kappa shape index (κ3) is 5.40. The van der Waals surface area contributed by atoms with Crippen LogP contribution in [0.25, 0.3) is 110 Å². The van der Waals surface area contributed by atoms with Crippen LogP contribution in [0.15, 0.2) is 259 Å². The van der Waals surface area contributed by atoms with Crippen LogP contribution >= 0.6 is 0 Å². The molecule has 1 aliphatic rings. The summed E-state index contributed by atoms with van der Waals surface area (Å²) in [5, 5.41) is 7.20. The molecule has 3 nitrogen and oxygen atoms in total. The Morgan fingerprint density at radius 3 is 1.51 bits per heavy atom. The molecular weight excluding hydrogens is 849 g/mol. The fraction of sp³-hybridized carbons (Fsp3) is 0.0149. The van der Waals surface area contributed by atoms with Gasteiger partial charge in [0.25, 0.3) is 0 Å². The number of fused-ring (bicyclic) bond motifs is 12. The molecule has 0 unspecified atom stereocenters. The van der Waals surface area contributed by atoms with E-state index in [4.69, 9.17) is 4.42 Å². The summed E-state index contributed by atoms with van der Waals surface area (Å²) in [6.07, 6.45) is 0. The van der Waals surface area contributed by atoms with Crippen LogP contribution in [0.1, 0.15) is 22.3 Å². The van der Waals surface area contributed by atoms with Gasteiger partial charge in [0, 0.05) is 49.1 Å². The quantitative estimate of drug-likeness (QED) is 0.163. The minimum Gasteiger partial charge on any atom is -0.455 e. The molecule has 15 rings (SSSR count). The van der Waals surface area contributed by atoms with Crippen molar-refractivity contribution in [2.75, 3.05) is 0 Å². The number of hydrogen-bond donors (Lipinski definition) is 0. The summed E-state index contributed by atoms with van der Waals surface area (Å²) in [6, 6.07) is 93.5. The van der Waals surface area contributed by atoms with Crippen molar-refractivity contribution in [2.24, 2.45) is 0 Å². The van der Waals surface area contributed by atoms with Gasteiger partial charge in [0.15, 0.2) is 0 Å². The molecule has 14 aromatic rings. The van der Waals surface area contributed by atoms with Crippen molar-refractivity contribution in [3.8, 4) is 44.8 Å². The molecule has 3 heteroatoms. The maximum atomic E-state index is 6.43. The molecule has 3 aromatic heterocycles. The van der Waals surface area contributed by atoms with Crippen molar-refractivity contribution < 1.29 is 4.42 Å². The van der Waals surface area contributed by atoms with Crippen LogP contribution in [0, 0.1) is 0 Å². The Kier molecular flexibility index (Phi) is 8.28. The molecule has 0 atom stereocenters. The van der Waals surface area contributed by atoms with Crippen molar-refractivity contribution in [3.63, 3.8) is 0 Å². The lowest BCUT2D eigenvalue weighted by Crippen LogP contribution is -2.28. The van der Waals surface area contributed by atoms with Gasteiger partial charge in [-0.1, -0.05) is 194 Å². The van der Waals surface area contributed by atoms with Crippen LogP contribution in [0.4, 0.5) is 0 Å².